The van der Waals surface area contributed by atoms with Crippen molar-refractivity contribution in [3.8, 4) is 11.1 Å². The molecule has 0 radical (unpaired) electrons. The summed E-state index contributed by atoms with van der Waals surface area (Å²) in [5.74, 6) is -0.993. The Balaban J connectivity index is 1.53. The molecule has 2 bridgehead atoms. The van der Waals surface area contributed by atoms with Gasteiger partial charge in [0, 0.05) is 42.4 Å². The summed E-state index contributed by atoms with van der Waals surface area (Å²) in [5.41, 5.74) is 1.85. The summed E-state index contributed by atoms with van der Waals surface area (Å²) in [6.07, 6.45) is 4.28. The maximum atomic E-state index is 13.4. The van der Waals surface area contributed by atoms with Gasteiger partial charge in [0.2, 0.25) is 5.91 Å². The van der Waals surface area contributed by atoms with Crippen LogP contribution in [0.15, 0.2) is 41.2 Å². The highest BCUT2D eigenvalue weighted by molar-refractivity contribution is 5.81. The number of halogens is 1. The highest BCUT2D eigenvalue weighted by Crippen LogP contribution is 2.47. The minimum Gasteiger partial charge on any atom is -0.396 e. The normalized spacial score (nSPS) is 28.0. The number of fused-ring (bicyclic) bond motifs is 4. The molecule has 1 aliphatic carbocycles. The van der Waals surface area contributed by atoms with Gasteiger partial charge in [-0.25, -0.2) is 4.39 Å². The molecular weight excluding hydrogens is 397 g/mol. The first kappa shape index (κ1) is 20.4. The molecule has 5 rings (SSSR count). The molecule has 1 aromatic heterocycles. The van der Waals surface area contributed by atoms with E-state index in [9.17, 15) is 19.1 Å². The third-order valence-electron chi connectivity index (χ3n) is 7.51. The Morgan fingerprint density at radius 2 is 1.87 bits per heavy atom. The van der Waals surface area contributed by atoms with Crippen LogP contribution >= 0.6 is 0 Å². The third kappa shape index (κ3) is 3.31. The molecule has 164 valence electrons. The fourth-order valence-corrected chi connectivity index (χ4v) is 5.91. The van der Waals surface area contributed by atoms with Crippen molar-refractivity contribution < 1.29 is 14.3 Å². The van der Waals surface area contributed by atoms with E-state index < -0.39 is 5.92 Å². The molecule has 2 fully saturated rings. The molecule has 1 saturated heterocycles. The zero-order chi connectivity index (χ0) is 21.7. The second-order valence-corrected chi connectivity index (χ2v) is 9.13. The summed E-state index contributed by atoms with van der Waals surface area (Å²) in [4.78, 5) is 28.8. The Kier molecular flexibility index (Phi) is 5.18. The summed E-state index contributed by atoms with van der Waals surface area (Å²) in [6, 6.07) is 9.45. The van der Waals surface area contributed by atoms with Gasteiger partial charge in [-0.05, 0) is 49.7 Å². The van der Waals surface area contributed by atoms with Crippen molar-refractivity contribution in [2.45, 2.75) is 50.4 Å². The Labute approximate surface area is 180 Å². The summed E-state index contributed by atoms with van der Waals surface area (Å²) in [7, 11) is 1.97. The van der Waals surface area contributed by atoms with Gasteiger partial charge in [-0.15, -0.1) is 0 Å². The van der Waals surface area contributed by atoms with Crippen molar-refractivity contribution >= 4 is 5.91 Å². The Bertz CT molecular complexity index is 1050. The smallest absolute Gasteiger partial charge is 0.258 e. The number of rotatable bonds is 4. The van der Waals surface area contributed by atoms with Crippen molar-refractivity contribution in [1.29, 1.82) is 0 Å². The standard InChI is InChI=1S/C24H28FN3O3/c1-27-20-12-28-19(11-10-17(24(28)31)14-6-8-15(25)9-7-14)22(27)21(18(20)13-29)23(30)26-16-4-2-3-5-16/h6-11,16,18,20-22,29H,2-5,12-13H2,1H3,(H,26,30)/t18-,20-,21+,22+/m1/s1. The predicted molar refractivity (Wildman–Crippen MR) is 115 cm³/mol. The number of amides is 1. The number of hydrogen-bond acceptors (Lipinski definition) is 4. The van der Waals surface area contributed by atoms with Gasteiger partial charge >= 0.3 is 0 Å². The van der Waals surface area contributed by atoms with E-state index in [1.807, 2.05) is 13.1 Å². The summed E-state index contributed by atoms with van der Waals surface area (Å²) in [6.45, 7) is 0.330. The number of benzene rings is 1. The molecule has 0 unspecified atom stereocenters. The van der Waals surface area contributed by atoms with Gasteiger partial charge in [-0.3, -0.25) is 14.5 Å². The van der Waals surface area contributed by atoms with Gasteiger partial charge in [-0.2, -0.15) is 0 Å². The number of hydrogen-bond donors (Lipinski definition) is 2. The first-order chi connectivity index (χ1) is 15.0. The third-order valence-corrected chi connectivity index (χ3v) is 7.51. The largest absolute Gasteiger partial charge is 0.396 e. The lowest BCUT2D eigenvalue weighted by Crippen LogP contribution is -2.44. The maximum absolute atomic E-state index is 13.4. The lowest BCUT2D eigenvalue weighted by molar-refractivity contribution is -0.128. The van der Waals surface area contributed by atoms with Crippen molar-refractivity contribution in [2.24, 2.45) is 11.8 Å². The molecule has 31 heavy (non-hydrogen) atoms. The predicted octanol–water partition coefficient (Wildman–Crippen LogP) is 2.31. The Hall–Kier alpha value is -2.51. The second-order valence-electron chi connectivity index (χ2n) is 9.13. The van der Waals surface area contributed by atoms with Crippen LogP contribution in [-0.2, 0) is 11.3 Å². The van der Waals surface area contributed by atoms with E-state index in [-0.39, 0.29) is 47.9 Å². The van der Waals surface area contributed by atoms with E-state index in [1.165, 1.54) is 12.1 Å². The maximum Gasteiger partial charge on any atom is 0.258 e. The van der Waals surface area contributed by atoms with Gasteiger partial charge in [0.25, 0.3) is 5.56 Å². The lowest BCUT2D eigenvalue weighted by atomic mass is 9.86. The molecule has 2 aliphatic heterocycles. The van der Waals surface area contributed by atoms with Crippen molar-refractivity contribution in [3.05, 3.63) is 58.3 Å². The number of aromatic nitrogens is 1. The molecule has 3 aliphatic rings. The first-order valence-electron chi connectivity index (χ1n) is 11.1. The van der Waals surface area contributed by atoms with E-state index >= 15 is 0 Å². The van der Waals surface area contributed by atoms with Gasteiger partial charge in [-0.1, -0.05) is 25.0 Å². The topological polar surface area (TPSA) is 74.6 Å². The quantitative estimate of drug-likeness (QED) is 0.789. The van der Waals surface area contributed by atoms with Gasteiger partial charge in [0.05, 0.1) is 12.0 Å². The van der Waals surface area contributed by atoms with E-state index in [2.05, 4.69) is 10.2 Å². The molecule has 0 spiro atoms. The number of nitrogens with zero attached hydrogens (tertiary/aromatic N) is 2. The number of aliphatic hydroxyl groups is 1. The zero-order valence-electron chi connectivity index (χ0n) is 17.6. The van der Waals surface area contributed by atoms with Crippen LogP contribution in [0.3, 0.4) is 0 Å². The number of carbonyl (C=O) groups excluding carboxylic acids is 1. The summed E-state index contributed by atoms with van der Waals surface area (Å²) < 4.78 is 15.1. The summed E-state index contributed by atoms with van der Waals surface area (Å²) >= 11 is 0. The van der Waals surface area contributed by atoms with Crippen LogP contribution in [0.25, 0.3) is 11.1 Å². The van der Waals surface area contributed by atoms with Crippen LogP contribution in [0.2, 0.25) is 0 Å². The highest BCUT2D eigenvalue weighted by Gasteiger charge is 2.54. The SMILES string of the molecule is CN1[C@@H]2Cn3c(ccc(-c4ccc(F)cc4)c3=O)[C@H]1[C@@H](C(=O)NC1CCCC1)[C@@H]2CO. The minimum atomic E-state index is -0.398. The molecule has 3 heterocycles. The number of aliphatic hydroxyl groups excluding tert-OH is 1. The van der Waals surface area contributed by atoms with Crippen LogP contribution in [0.1, 0.15) is 37.4 Å². The molecule has 2 aromatic rings. The Morgan fingerprint density at radius 3 is 2.55 bits per heavy atom. The fourth-order valence-electron chi connectivity index (χ4n) is 5.91. The number of nitrogens with one attached hydrogen (secondary N) is 1. The Morgan fingerprint density at radius 1 is 1.16 bits per heavy atom. The second kappa shape index (κ2) is 7.88. The van der Waals surface area contributed by atoms with Crippen molar-refractivity contribution in [1.82, 2.24) is 14.8 Å². The average Bonchev–Trinajstić information content (AvgIpc) is 3.32. The van der Waals surface area contributed by atoms with Crippen LogP contribution in [0, 0.1) is 17.7 Å². The van der Waals surface area contributed by atoms with Gasteiger partial charge < -0.3 is 15.0 Å². The van der Waals surface area contributed by atoms with Gasteiger partial charge in [0.1, 0.15) is 5.82 Å². The fraction of sp³-hybridized carbons (Fsp3) is 0.500. The van der Waals surface area contributed by atoms with E-state index in [4.69, 9.17) is 0 Å². The first-order valence-corrected chi connectivity index (χ1v) is 11.1. The molecule has 1 aromatic carbocycles. The zero-order valence-corrected chi connectivity index (χ0v) is 17.6. The number of carbonyl (C=O) groups is 1. The van der Waals surface area contributed by atoms with Crippen molar-refractivity contribution in [2.75, 3.05) is 13.7 Å². The average molecular weight is 426 g/mol. The van der Waals surface area contributed by atoms with E-state index in [0.29, 0.717) is 17.7 Å². The van der Waals surface area contributed by atoms with Crippen LogP contribution in [0.4, 0.5) is 4.39 Å². The molecule has 6 nitrogen and oxygen atoms in total. The molecule has 1 saturated carbocycles. The lowest BCUT2D eigenvalue weighted by Gasteiger charge is -2.35. The minimum absolute atomic E-state index is 0.0196. The highest BCUT2D eigenvalue weighted by atomic mass is 19.1. The van der Waals surface area contributed by atoms with Crippen LogP contribution in [0.5, 0.6) is 0 Å². The van der Waals surface area contributed by atoms with Crippen LogP contribution in [-0.4, -0.2) is 46.2 Å². The monoisotopic (exact) mass is 425 g/mol. The number of pyridine rings is 1. The number of likely N-dealkylation sites (N-methyl/N-ethyl adjacent to an activating group) is 1. The van der Waals surface area contributed by atoms with Crippen LogP contribution < -0.4 is 10.9 Å². The molecule has 2 N–H and O–H groups in total. The molecule has 1 amide bonds. The van der Waals surface area contributed by atoms with E-state index in [1.54, 1.807) is 22.8 Å². The summed E-state index contributed by atoms with van der Waals surface area (Å²) in [5, 5.41) is 13.4. The van der Waals surface area contributed by atoms with Gasteiger partial charge in [0.15, 0.2) is 0 Å². The van der Waals surface area contributed by atoms with E-state index in [0.717, 1.165) is 31.4 Å². The molecule has 7 heteroatoms. The molecule has 4 atom stereocenters. The molecular formula is C24H28FN3O3. The van der Waals surface area contributed by atoms with Crippen molar-refractivity contribution in [3.63, 3.8) is 0 Å².